The molecule has 0 aromatic heterocycles. The molecule has 0 atom stereocenters. The van der Waals surface area contributed by atoms with Crippen LogP contribution in [-0.2, 0) is 0 Å². The van der Waals surface area contributed by atoms with Crippen LogP contribution in [0.3, 0.4) is 0 Å². The van der Waals surface area contributed by atoms with Crippen LogP contribution in [0.15, 0.2) is 5.34 Å². The molecule has 20 valence electrons. The SMILES string of the molecule is O=NO.[Ba]. The van der Waals surface area contributed by atoms with Crippen LogP contribution in [0.1, 0.15) is 0 Å². The summed E-state index contributed by atoms with van der Waals surface area (Å²) in [6, 6.07) is 0. The Morgan fingerprint density at radius 1 is 1.75 bits per heavy atom. The molecule has 0 saturated carbocycles. The first-order valence-electron chi connectivity index (χ1n) is 0.383. The zero-order chi connectivity index (χ0) is 2.71. The molecule has 0 rings (SSSR count). The maximum absolute atomic E-state index is 8.11. The van der Waals surface area contributed by atoms with Gasteiger partial charge in [-0.2, -0.15) is 0 Å². The van der Waals surface area contributed by atoms with Crippen molar-refractivity contribution >= 4 is 48.9 Å². The molecule has 2 radical (unpaired) electrons. The molecule has 0 heterocycles. The van der Waals surface area contributed by atoms with Crippen LogP contribution in [-0.4, -0.2) is 54.1 Å². The van der Waals surface area contributed by atoms with E-state index in [0.29, 0.717) is 0 Å². The second-order valence-corrected chi connectivity index (χ2v) is 0.0816. The molecule has 3 nitrogen and oxygen atoms in total. The Labute approximate surface area is 63.4 Å². The van der Waals surface area contributed by atoms with E-state index in [9.17, 15) is 0 Å². The van der Waals surface area contributed by atoms with Crippen molar-refractivity contribution < 1.29 is 5.21 Å². The van der Waals surface area contributed by atoms with Crippen LogP contribution in [0.4, 0.5) is 0 Å². The Hall–Kier alpha value is 0.971. The van der Waals surface area contributed by atoms with Crippen LogP contribution in [0, 0.1) is 4.91 Å². The molecule has 0 aliphatic carbocycles. The van der Waals surface area contributed by atoms with Crippen molar-refractivity contribution in [1.82, 2.24) is 0 Å². The average molecular weight is 184 g/mol. The van der Waals surface area contributed by atoms with E-state index in [1.54, 1.807) is 0 Å². The van der Waals surface area contributed by atoms with Crippen LogP contribution < -0.4 is 0 Å². The zero-order valence-corrected chi connectivity index (χ0v) is 6.45. The minimum absolute atomic E-state index is 0. The van der Waals surface area contributed by atoms with Crippen molar-refractivity contribution in [2.24, 2.45) is 5.34 Å². The van der Waals surface area contributed by atoms with Gasteiger partial charge in [0, 0.05) is 48.9 Å². The summed E-state index contributed by atoms with van der Waals surface area (Å²) >= 11 is 0. The van der Waals surface area contributed by atoms with E-state index in [4.69, 9.17) is 10.1 Å². The van der Waals surface area contributed by atoms with E-state index in [1.807, 2.05) is 0 Å². The van der Waals surface area contributed by atoms with E-state index in [2.05, 4.69) is 0 Å². The number of nitrogens with zero attached hydrogens (tertiary/aromatic N) is 1. The molecular weight excluding hydrogens is 183 g/mol. The average Bonchev–Trinajstić information content (AvgIpc) is 0.918. The molecule has 4 heteroatoms. The molecule has 0 bridgehead atoms. The predicted molar refractivity (Wildman–Crippen MR) is 13.3 cm³/mol. The summed E-state index contributed by atoms with van der Waals surface area (Å²) in [4.78, 5) is 8.11. The fraction of sp³-hybridized carbons (Fsp3) is 0. The third-order valence-corrected chi connectivity index (χ3v) is 0. The monoisotopic (exact) mass is 185 g/mol. The van der Waals surface area contributed by atoms with Gasteiger partial charge in [0.05, 0.1) is 0 Å². The summed E-state index contributed by atoms with van der Waals surface area (Å²) in [6.45, 7) is 0. The third kappa shape index (κ3) is 12.2. The van der Waals surface area contributed by atoms with Crippen LogP contribution in [0.5, 0.6) is 0 Å². The molecule has 0 aromatic carbocycles. The molecule has 0 aromatic rings. The second-order valence-electron chi connectivity index (χ2n) is 0.0816. The van der Waals surface area contributed by atoms with Crippen LogP contribution in [0.25, 0.3) is 0 Å². The maximum atomic E-state index is 8.11. The molecule has 0 spiro atoms. The summed E-state index contributed by atoms with van der Waals surface area (Å²) in [6.07, 6.45) is 0. The fourth-order valence-corrected chi connectivity index (χ4v) is 0. The fourth-order valence-electron chi connectivity index (χ4n) is 0. The number of hydrogen-bond donors (Lipinski definition) is 1. The molecular formula is HBaNO2. The molecule has 0 amide bonds. The topological polar surface area (TPSA) is 49.7 Å². The summed E-state index contributed by atoms with van der Waals surface area (Å²) in [7, 11) is 0. The Bertz CT molecular complexity index is 13.5. The quantitative estimate of drug-likeness (QED) is 0.321. The first-order valence-corrected chi connectivity index (χ1v) is 0.383. The molecule has 0 aliphatic rings. The number of rotatable bonds is 0. The molecule has 0 fully saturated rings. The second kappa shape index (κ2) is 9.02. The summed E-state index contributed by atoms with van der Waals surface area (Å²) < 4.78 is 0. The molecule has 4 heavy (non-hydrogen) atoms. The van der Waals surface area contributed by atoms with Crippen LogP contribution >= 0.6 is 0 Å². The summed E-state index contributed by atoms with van der Waals surface area (Å²) in [5.41, 5.74) is 0. The van der Waals surface area contributed by atoms with Gasteiger partial charge in [-0.15, -0.1) is 4.91 Å². The Morgan fingerprint density at radius 2 is 1.75 bits per heavy atom. The van der Waals surface area contributed by atoms with Crippen molar-refractivity contribution in [3.8, 4) is 0 Å². The van der Waals surface area contributed by atoms with Crippen molar-refractivity contribution in [3.63, 3.8) is 0 Å². The Morgan fingerprint density at radius 3 is 1.75 bits per heavy atom. The summed E-state index contributed by atoms with van der Waals surface area (Å²) in [5, 5.41) is 7.89. The van der Waals surface area contributed by atoms with Gasteiger partial charge in [-0.1, -0.05) is 0 Å². The van der Waals surface area contributed by atoms with E-state index in [0.717, 1.165) is 0 Å². The van der Waals surface area contributed by atoms with Crippen LogP contribution in [0.2, 0.25) is 0 Å². The van der Waals surface area contributed by atoms with Crippen molar-refractivity contribution in [3.05, 3.63) is 4.91 Å². The molecule has 0 unspecified atom stereocenters. The third-order valence-electron chi connectivity index (χ3n) is 0. The van der Waals surface area contributed by atoms with E-state index < -0.39 is 0 Å². The van der Waals surface area contributed by atoms with Gasteiger partial charge in [-0.3, -0.25) is 0 Å². The molecule has 0 aliphatic heterocycles. The Kier molecular flexibility index (Phi) is 20.0. The van der Waals surface area contributed by atoms with E-state index >= 15 is 0 Å². The van der Waals surface area contributed by atoms with Gasteiger partial charge >= 0.3 is 0 Å². The standard InChI is InChI=1S/Ba.HNO2/c;2-1-3/h;(H,2,3). The van der Waals surface area contributed by atoms with E-state index in [1.165, 1.54) is 5.34 Å². The van der Waals surface area contributed by atoms with Gasteiger partial charge in [-0.05, 0) is 0 Å². The van der Waals surface area contributed by atoms with Gasteiger partial charge in [0.2, 0.25) is 0 Å². The first kappa shape index (κ1) is 8.88. The van der Waals surface area contributed by atoms with Crippen molar-refractivity contribution in [2.45, 2.75) is 0 Å². The van der Waals surface area contributed by atoms with E-state index in [-0.39, 0.29) is 48.9 Å². The van der Waals surface area contributed by atoms with Gasteiger partial charge in [0.1, 0.15) is 0 Å². The minimum atomic E-state index is 0. The molecule has 1 N–H and O–H groups in total. The van der Waals surface area contributed by atoms with Gasteiger partial charge in [0.25, 0.3) is 0 Å². The zero-order valence-electron chi connectivity index (χ0n) is 2.01. The van der Waals surface area contributed by atoms with Crippen molar-refractivity contribution in [2.75, 3.05) is 0 Å². The molecule has 0 saturated heterocycles. The maximum Gasteiger partial charge on any atom is 0.152 e. The minimum Gasteiger partial charge on any atom is -0.379 e. The van der Waals surface area contributed by atoms with Gasteiger partial charge < -0.3 is 5.21 Å². The summed E-state index contributed by atoms with van der Waals surface area (Å²) in [5.74, 6) is 0. The van der Waals surface area contributed by atoms with Gasteiger partial charge in [-0.25, -0.2) is 0 Å². The predicted octanol–water partition coefficient (Wildman–Crippen LogP) is -0.239. The smallest absolute Gasteiger partial charge is 0.152 e. The normalized spacial score (nSPS) is 3.00. The number of hydrogen-bond acceptors (Lipinski definition) is 2. The Balaban J connectivity index is 0. The van der Waals surface area contributed by atoms with Gasteiger partial charge in [0.15, 0.2) is 5.34 Å². The van der Waals surface area contributed by atoms with Crippen molar-refractivity contribution in [1.29, 1.82) is 0 Å². The first-order chi connectivity index (χ1) is 1.41. The largest absolute Gasteiger partial charge is 0.379 e.